The predicted molar refractivity (Wildman–Crippen MR) is 122 cm³/mol. The number of carbonyl (C=O) groups excluding carboxylic acids is 2. The molecule has 32 heavy (non-hydrogen) atoms. The maximum atomic E-state index is 13.2. The number of anilines is 1. The van der Waals surface area contributed by atoms with Crippen molar-refractivity contribution in [3.05, 3.63) is 71.4 Å². The number of hydrogen-bond acceptors (Lipinski definition) is 5. The van der Waals surface area contributed by atoms with Crippen LogP contribution in [0.15, 0.2) is 54.6 Å². The molecule has 6 nitrogen and oxygen atoms in total. The van der Waals surface area contributed by atoms with E-state index in [2.05, 4.69) is 6.07 Å². The van der Waals surface area contributed by atoms with Crippen molar-refractivity contribution in [2.45, 2.75) is 38.5 Å². The lowest BCUT2D eigenvalue weighted by molar-refractivity contribution is -0.121. The first-order valence-corrected chi connectivity index (χ1v) is 11.0. The number of pyridine rings is 1. The highest BCUT2D eigenvalue weighted by atomic mass is 16.5. The van der Waals surface area contributed by atoms with Crippen LogP contribution >= 0.6 is 0 Å². The Hall–Kier alpha value is -3.72. The molecule has 3 aromatic rings. The molecule has 0 aliphatic heterocycles. The second-order valence-electron chi connectivity index (χ2n) is 7.86. The van der Waals surface area contributed by atoms with Crippen molar-refractivity contribution in [1.29, 1.82) is 5.26 Å². The normalized spacial score (nSPS) is 13.0. The zero-order valence-corrected chi connectivity index (χ0v) is 17.9. The van der Waals surface area contributed by atoms with Crippen LogP contribution in [0.5, 0.6) is 0 Å². The molecule has 6 heteroatoms. The SMILES string of the molecule is N#CCCN(C(=O)COC(=O)c1c2c(nc3ccccc13)CCCCC2)c1ccccc1. The number of esters is 1. The van der Waals surface area contributed by atoms with Crippen LogP contribution in [-0.2, 0) is 22.4 Å². The van der Waals surface area contributed by atoms with E-state index in [0.717, 1.165) is 54.3 Å². The van der Waals surface area contributed by atoms with Gasteiger partial charge in [0.15, 0.2) is 6.61 Å². The van der Waals surface area contributed by atoms with Crippen molar-refractivity contribution in [1.82, 2.24) is 4.98 Å². The molecule has 0 saturated heterocycles. The van der Waals surface area contributed by atoms with E-state index in [4.69, 9.17) is 15.0 Å². The molecule has 0 N–H and O–H groups in total. The number of nitriles is 1. The van der Waals surface area contributed by atoms with Crippen LogP contribution in [0.4, 0.5) is 5.69 Å². The first kappa shape index (κ1) is 21.5. The highest BCUT2D eigenvalue weighted by Gasteiger charge is 2.24. The Labute approximate surface area is 187 Å². The van der Waals surface area contributed by atoms with Crippen LogP contribution in [0, 0.1) is 11.3 Å². The monoisotopic (exact) mass is 427 g/mol. The van der Waals surface area contributed by atoms with E-state index in [1.54, 1.807) is 12.1 Å². The average molecular weight is 428 g/mol. The zero-order chi connectivity index (χ0) is 22.3. The predicted octanol–water partition coefficient (Wildman–Crippen LogP) is 4.61. The van der Waals surface area contributed by atoms with Gasteiger partial charge in [0, 0.05) is 23.3 Å². The van der Waals surface area contributed by atoms with Crippen LogP contribution < -0.4 is 4.90 Å². The largest absolute Gasteiger partial charge is 0.452 e. The topological polar surface area (TPSA) is 83.3 Å². The smallest absolute Gasteiger partial charge is 0.339 e. The Bertz CT molecular complexity index is 1170. The van der Waals surface area contributed by atoms with Gasteiger partial charge in [0.2, 0.25) is 0 Å². The first-order valence-electron chi connectivity index (χ1n) is 11.0. The zero-order valence-electron chi connectivity index (χ0n) is 17.9. The Morgan fingerprint density at radius 1 is 1.00 bits per heavy atom. The molecule has 0 radical (unpaired) electrons. The van der Waals surface area contributed by atoms with Crippen molar-refractivity contribution in [3.8, 4) is 6.07 Å². The molecule has 1 aliphatic carbocycles. The molecule has 2 aromatic carbocycles. The number of carbonyl (C=O) groups is 2. The van der Waals surface area contributed by atoms with E-state index in [1.807, 2.05) is 42.5 Å². The molecular formula is C26H25N3O3. The summed E-state index contributed by atoms with van der Waals surface area (Å²) in [7, 11) is 0. The minimum absolute atomic E-state index is 0.192. The summed E-state index contributed by atoms with van der Waals surface area (Å²) in [6, 6.07) is 18.8. The number of rotatable bonds is 6. The van der Waals surface area contributed by atoms with Crippen molar-refractivity contribution in [2.24, 2.45) is 0 Å². The van der Waals surface area contributed by atoms with Gasteiger partial charge in [-0.3, -0.25) is 9.78 Å². The minimum Gasteiger partial charge on any atom is -0.452 e. The fourth-order valence-corrected chi connectivity index (χ4v) is 4.23. The van der Waals surface area contributed by atoms with Gasteiger partial charge in [-0.05, 0) is 49.4 Å². The second kappa shape index (κ2) is 10.1. The Kier molecular flexibility index (Phi) is 6.76. The van der Waals surface area contributed by atoms with E-state index >= 15 is 0 Å². The van der Waals surface area contributed by atoms with Gasteiger partial charge >= 0.3 is 5.97 Å². The van der Waals surface area contributed by atoms with Crippen LogP contribution in [0.3, 0.4) is 0 Å². The lowest BCUT2D eigenvalue weighted by atomic mass is 9.97. The number of aromatic nitrogens is 1. The van der Waals surface area contributed by atoms with Crippen LogP contribution in [0.25, 0.3) is 10.9 Å². The Morgan fingerprint density at radius 2 is 1.75 bits per heavy atom. The molecule has 4 rings (SSSR count). The lowest BCUT2D eigenvalue weighted by Crippen LogP contribution is -2.35. The van der Waals surface area contributed by atoms with Gasteiger partial charge < -0.3 is 9.64 Å². The third-order valence-electron chi connectivity index (χ3n) is 5.77. The number of para-hydroxylation sites is 2. The van der Waals surface area contributed by atoms with Crippen molar-refractivity contribution in [3.63, 3.8) is 0 Å². The number of nitrogens with zero attached hydrogens (tertiary/aromatic N) is 3. The van der Waals surface area contributed by atoms with Gasteiger partial charge in [0.25, 0.3) is 5.91 Å². The average Bonchev–Trinajstić information content (AvgIpc) is 3.07. The van der Waals surface area contributed by atoms with Crippen molar-refractivity contribution < 1.29 is 14.3 Å². The van der Waals surface area contributed by atoms with E-state index in [1.165, 1.54) is 4.90 Å². The van der Waals surface area contributed by atoms with Gasteiger partial charge in [-0.15, -0.1) is 0 Å². The van der Waals surface area contributed by atoms with E-state index in [0.29, 0.717) is 11.3 Å². The van der Waals surface area contributed by atoms with Gasteiger partial charge in [0.05, 0.1) is 23.6 Å². The summed E-state index contributed by atoms with van der Waals surface area (Å²) in [5.41, 5.74) is 3.88. The highest BCUT2D eigenvalue weighted by Crippen LogP contribution is 2.29. The molecule has 0 fully saturated rings. The summed E-state index contributed by atoms with van der Waals surface area (Å²) >= 11 is 0. The summed E-state index contributed by atoms with van der Waals surface area (Å²) in [6.45, 7) is -0.144. The number of hydrogen-bond donors (Lipinski definition) is 0. The number of fused-ring (bicyclic) bond motifs is 2. The van der Waals surface area contributed by atoms with Gasteiger partial charge in [0.1, 0.15) is 0 Å². The Morgan fingerprint density at radius 3 is 2.56 bits per heavy atom. The highest BCUT2D eigenvalue weighted by molar-refractivity contribution is 6.06. The molecule has 1 aliphatic rings. The third-order valence-corrected chi connectivity index (χ3v) is 5.77. The van der Waals surface area contributed by atoms with E-state index < -0.39 is 5.97 Å². The molecule has 0 spiro atoms. The Balaban J connectivity index is 1.59. The van der Waals surface area contributed by atoms with Crippen LogP contribution in [0.2, 0.25) is 0 Å². The van der Waals surface area contributed by atoms with Crippen molar-refractivity contribution in [2.75, 3.05) is 18.1 Å². The molecule has 1 aromatic heterocycles. The number of ether oxygens (including phenoxy) is 1. The number of amides is 1. The second-order valence-corrected chi connectivity index (χ2v) is 7.86. The maximum absolute atomic E-state index is 13.2. The molecule has 0 unspecified atom stereocenters. The molecular weight excluding hydrogens is 402 g/mol. The van der Waals surface area contributed by atoms with Gasteiger partial charge in [-0.25, -0.2) is 4.79 Å². The molecule has 162 valence electrons. The summed E-state index contributed by atoms with van der Waals surface area (Å²) in [5.74, 6) is -0.854. The summed E-state index contributed by atoms with van der Waals surface area (Å²) in [4.78, 5) is 32.5. The molecule has 0 bridgehead atoms. The lowest BCUT2D eigenvalue weighted by Gasteiger charge is -2.22. The fraction of sp³-hybridized carbons (Fsp3) is 0.308. The van der Waals surface area contributed by atoms with Crippen LogP contribution in [-0.4, -0.2) is 30.0 Å². The molecule has 1 amide bonds. The van der Waals surface area contributed by atoms with Gasteiger partial charge in [-0.2, -0.15) is 5.26 Å². The quantitative estimate of drug-likeness (QED) is 0.424. The standard InChI is InChI=1S/C26H25N3O3/c27-16-9-17-29(19-10-3-1-4-11-19)24(30)18-32-26(31)25-20-12-5-2-6-14-22(20)28-23-15-8-7-13-21(23)25/h1,3-4,7-8,10-11,13,15H,2,5-6,9,12,14,17-18H2. The maximum Gasteiger partial charge on any atom is 0.339 e. The molecule has 1 heterocycles. The number of aryl methyl sites for hydroxylation is 1. The number of benzene rings is 2. The third kappa shape index (κ3) is 4.62. The van der Waals surface area contributed by atoms with E-state index in [9.17, 15) is 9.59 Å². The molecule has 0 atom stereocenters. The molecule has 0 saturated carbocycles. The first-order chi connectivity index (χ1) is 15.7. The van der Waals surface area contributed by atoms with E-state index in [-0.39, 0.29) is 25.5 Å². The fourth-order valence-electron chi connectivity index (χ4n) is 4.23. The van der Waals surface area contributed by atoms with Crippen LogP contribution in [0.1, 0.15) is 47.3 Å². The summed E-state index contributed by atoms with van der Waals surface area (Å²) < 4.78 is 5.55. The summed E-state index contributed by atoms with van der Waals surface area (Å²) in [5, 5.41) is 9.73. The van der Waals surface area contributed by atoms with Gasteiger partial charge in [-0.1, -0.05) is 42.8 Å². The summed E-state index contributed by atoms with van der Waals surface area (Å²) in [6.07, 6.45) is 4.97. The van der Waals surface area contributed by atoms with Crippen molar-refractivity contribution >= 4 is 28.5 Å². The minimum atomic E-state index is -0.497.